The van der Waals surface area contributed by atoms with E-state index < -0.39 is 6.04 Å². The van der Waals surface area contributed by atoms with Crippen LogP contribution in [0.25, 0.3) is 0 Å². The number of allylic oxidation sites excluding steroid dienone is 1. The Morgan fingerprint density at radius 2 is 1.87 bits per heavy atom. The van der Waals surface area contributed by atoms with Crippen LogP contribution in [-0.4, -0.2) is 39.7 Å². The first kappa shape index (κ1) is 29.0. The van der Waals surface area contributed by atoms with Crippen molar-refractivity contribution in [3.8, 4) is 11.5 Å². The van der Waals surface area contributed by atoms with E-state index in [1.165, 1.54) is 5.56 Å². The SMILES string of the molecule is CCCOC(=O)C1=C(C)Nc2nc(SCCC)nn2C1c1cc(Br)c(OCc2ccc(C)cc2)c(OCC)c1. The maximum Gasteiger partial charge on any atom is 0.338 e. The zero-order chi connectivity index (χ0) is 27.9. The molecule has 0 amide bonds. The number of esters is 1. The van der Waals surface area contributed by atoms with E-state index in [-0.39, 0.29) is 5.97 Å². The van der Waals surface area contributed by atoms with E-state index in [1.807, 2.05) is 32.9 Å². The lowest BCUT2D eigenvalue weighted by atomic mass is 9.95. The number of ether oxygens (including phenoxy) is 3. The number of benzene rings is 2. The molecule has 39 heavy (non-hydrogen) atoms. The van der Waals surface area contributed by atoms with Crippen LogP contribution in [0.1, 0.15) is 63.3 Å². The molecule has 2 heterocycles. The van der Waals surface area contributed by atoms with E-state index >= 15 is 0 Å². The molecule has 0 radical (unpaired) electrons. The molecule has 10 heteroatoms. The lowest BCUT2D eigenvalue weighted by Crippen LogP contribution is -2.30. The molecule has 1 atom stereocenters. The summed E-state index contributed by atoms with van der Waals surface area (Å²) >= 11 is 5.30. The van der Waals surface area contributed by atoms with E-state index in [1.54, 1.807) is 16.4 Å². The van der Waals surface area contributed by atoms with E-state index in [2.05, 4.69) is 64.3 Å². The van der Waals surface area contributed by atoms with Crippen LogP contribution in [0.4, 0.5) is 5.95 Å². The van der Waals surface area contributed by atoms with Gasteiger partial charge in [0.2, 0.25) is 11.1 Å². The average molecular weight is 616 g/mol. The van der Waals surface area contributed by atoms with E-state index in [0.29, 0.717) is 53.7 Å². The van der Waals surface area contributed by atoms with Gasteiger partial charge >= 0.3 is 5.97 Å². The highest BCUT2D eigenvalue weighted by atomic mass is 79.9. The first-order valence-corrected chi connectivity index (χ1v) is 15.0. The summed E-state index contributed by atoms with van der Waals surface area (Å²) in [5.74, 6) is 2.28. The third-order valence-electron chi connectivity index (χ3n) is 6.08. The van der Waals surface area contributed by atoms with Gasteiger partial charge in [-0.1, -0.05) is 55.4 Å². The van der Waals surface area contributed by atoms with E-state index in [0.717, 1.165) is 34.2 Å². The third-order valence-corrected chi connectivity index (χ3v) is 7.71. The second-order valence-corrected chi connectivity index (χ2v) is 11.2. The zero-order valence-corrected chi connectivity index (χ0v) is 25.4. The van der Waals surface area contributed by atoms with Crippen molar-refractivity contribution < 1.29 is 19.0 Å². The van der Waals surface area contributed by atoms with Gasteiger partial charge in [-0.05, 0) is 72.8 Å². The summed E-state index contributed by atoms with van der Waals surface area (Å²) in [6.07, 6.45) is 1.74. The molecule has 3 aromatic rings. The van der Waals surface area contributed by atoms with Gasteiger partial charge in [-0.2, -0.15) is 4.98 Å². The highest BCUT2D eigenvalue weighted by Crippen LogP contribution is 2.43. The number of anilines is 1. The van der Waals surface area contributed by atoms with Gasteiger partial charge in [-0.3, -0.25) is 0 Å². The summed E-state index contributed by atoms with van der Waals surface area (Å²) in [5.41, 5.74) is 4.22. The molecule has 0 saturated heterocycles. The predicted octanol–water partition coefficient (Wildman–Crippen LogP) is 7.07. The van der Waals surface area contributed by atoms with Crippen molar-refractivity contribution in [1.82, 2.24) is 14.8 Å². The summed E-state index contributed by atoms with van der Waals surface area (Å²) < 4.78 is 20.3. The van der Waals surface area contributed by atoms with Crippen molar-refractivity contribution in [1.29, 1.82) is 0 Å². The molecular weight excluding hydrogens is 580 g/mol. The molecule has 0 saturated carbocycles. The summed E-state index contributed by atoms with van der Waals surface area (Å²) in [5, 5.41) is 8.70. The molecule has 0 spiro atoms. The minimum atomic E-state index is -0.560. The van der Waals surface area contributed by atoms with Crippen molar-refractivity contribution in [3.63, 3.8) is 0 Å². The molecule has 1 unspecified atom stereocenters. The lowest BCUT2D eigenvalue weighted by Gasteiger charge is -2.29. The Labute approximate surface area is 242 Å². The number of carbonyl (C=O) groups is 1. The number of aromatic nitrogens is 3. The van der Waals surface area contributed by atoms with Crippen LogP contribution in [0, 0.1) is 6.92 Å². The molecule has 208 valence electrons. The van der Waals surface area contributed by atoms with Crippen molar-refractivity contribution in [2.45, 2.75) is 65.3 Å². The Hall–Kier alpha value is -2.98. The maximum atomic E-state index is 13.3. The molecule has 0 bridgehead atoms. The number of thioether (sulfide) groups is 1. The molecule has 1 N–H and O–H groups in total. The first-order valence-electron chi connectivity index (χ1n) is 13.2. The number of fused-ring (bicyclic) bond motifs is 1. The summed E-state index contributed by atoms with van der Waals surface area (Å²) in [6.45, 7) is 11.1. The van der Waals surface area contributed by atoms with Gasteiger partial charge in [-0.25, -0.2) is 9.48 Å². The van der Waals surface area contributed by atoms with Gasteiger partial charge in [0.15, 0.2) is 11.5 Å². The van der Waals surface area contributed by atoms with Crippen LogP contribution in [-0.2, 0) is 16.1 Å². The second kappa shape index (κ2) is 13.4. The molecule has 2 aromatic carbocycles. The van der Waals surface area contributed by atoms with E-state index in [4.69, 9.17) is 19.3 Å². The molecule has 0 fully saturated rings. The Morgan fingerprint density at radius 1 is 1.10 bits per heavy atom. The summed E-state index contributed by atoms with van der Waals surface area (Å²) in [4.78, 5) is 18.0. The highest BCUT2D eigenvalue weighted by molar-refractivity contribution is 9.10. The minimum absolute atomic E-state index is 0.337. The number of halogens is 1. The van der Waals surface area contributed by atoms with Gasteiger partial charge in [-0.15, -0.1) is 5.10 Å². The molecule has 1 aromatic heterocycles. The first-order chi connectivity index (χ1) is 18.9. The van der Waals surface area contributed by atoms with Gasteiger partial charge in [0, 0.05) is 11.4 Å². The fourth-order valence-corrected chi connectivity index (χ4v) is 5.48. The van der Waals surface area contributed by atoms with Crippen LogP contribution in [0.3, 0.4) is 0 Å². The number of nitrogens with zero attached hydrogens (tertiary/aromatic N) is 3. The smallest absolute Gasteiger partial charge is 0.338 e. The standard InChI is InChI=1S/C29H35BrN4O4S/c1-6-13-37-27(35)24-19(5)31-28-32-29(39-14-7-2)33-34(28)25(24)21-15-22(30)26(23(16-21)36-8-3)38-17-20-11-9-18(4)10-12-20/h9-12,15-16,25H,6-8,13-14,17H2,1-5H3,(H,31,32,33). The molecule has 1 aliphatic rings. The van der Waals surface area contributed by atoms with Crippen molar-refractivity contribution in [3.05, 3.63) is 68.8 Å². The van der Waals surface area contributed by atoms with Gasteiger partial charge in [0.05, 0.1) is 23.3 Å². The number of hydrogen-bond acceptors (Lipinski definition) is 8. The van der Waals surface area contributed by atoms with Gasteiger partial charge in [0.1, 0.15) is 12.6 Å². The molecule has 0 aliphatic carbocycles. The molecule has 1 aliphatic heterocycles. The number of hydrogen-bond donors (Lipinski definition) is 1. The monoisotopic (exact) mass is 614 g/mol. The molecular formula is C29H35BrN4O4S. The summed E-state index contributed by atoms with van der Waals surface area (Å²) in [6, 6.07) is 11.5. The maximum absolute atomic E-state index is 13.3. The fraction of sp³-hybridized carbons (Fsp3) is 0.414. The number of aryl methyl sites for hydroxylation is 1. The topological polar surface area (TPSA) is 87.5 Å². The van der Waals surface area contributed by atoms with Crippen LogP contribution in [0.5, 0.6) is 11.5 Å². The normalized spacial score (nSPS) is 14.6. The second-order valence-electron chi connectivity index (χ2n) is 9.25. The van der Waals surface area contributed by atoms with Crippen molar-refractivity contribution in [2.24, 2.45) is 0 Å². The third kappa shape index (κ3) is 6.78. The van der Waals surface area contributed by atoms with Crippen LogP contribution in [0.2, 0.25) is 0 Å². The Kier molecular flexibility index (Phi) is 9.96. The lowest BCUT2D eigenvalue weighted by molar-refractivity contribution is -0.139. The Balaban J connectivity index is 1.76. The Morgan fingerprint density at radius 3 is 2.56 bits per heavy atom. The van der Waals surface area contributed by atoms with Crippen LogP contribution >= 0.6 is 27.7 Å². The van der Waals surface area contributed by atoms with Gasteiger partial charge in [0.25, 0.3) is 0 Å². The largest absolute Gasteiger partial charge is 0.490 e. The van der Waals surface area contributed by atoms with Gasteiger partial charge < -0.3 is 19.5 Å². The average Bonchev–Trinajstić information content (AvgIpc) is 3.32. The predicted molar refractivity (Wildman–Crippen MR) is 158 cm³/mol. The highest BCUT2D eigenvalue weighted by Gasteiger charge is 2.36. The zero-order valence-electron chi connectivity index (χ0n) is 23.0. The summed E-state index contributed by atoms with van der Waals surface area (Å²) in [7, 11) is 0. The molecule has 4 rings (SSSR count). The van der Waals surface area contributed by atoms with Crippen molar-refractivity contribution in [2.75, 3.05) is 24.3 Å². The minimum Gasteiger partial charge on any atom is -0.490 e. The molecule has 8 nitrogen and oxygen atoms in total. The van der Waals surface area contributed by atoms with Crippen LogP contribution in [0.15, 0.2) is 57.3 Å². The van der Waals surface area contributed by atoms with Crippen molar-refractivity contribution >= 4 is 39.6 Å². The number of nitrogens with one attached hydrogen (secondary N) is 1. The Bertz CT molecular complexity index is 1340. The van der Waals surface area contributed by atoms with Crippen LogP contribution < -0.4 is 14.8 Å². The van der Waals surface area contributed by atoms with E-state index in [9.17, 15) is 4.79 Å². The quantitative estimate of drug-likeness (QED) is 0.171. The number of rotatable bonds is 12. The number of carbonyl (C=O) groups excluding carboxylic acids is 1. The fourth-order valence-electron chi connectivity index (χ4n) is 4.22.